The predicted molar refractivity (Wildman–Crippen MR) is 172 cm³/mol. The third kappa shape index (κ3) is 8.10. The number of non-ortho nitro benzene ring substituents is 1. The van der Waals surface area contributed by atoms with Crippen LogP contribution in [0, 0.1) is 10.1 Å². The number of amides is 1. The molecular formula is C29H31F2N7O8SSi. The van der Waals surface area contributed by atoms with E-state index in [-0.39, 0.29) is 36.0 Å². The Bertz CT molecular complexity index is 1820. The second-order valence-corrected chi connectivity index (χ2v) is 16.5. The molecule has 1 unspecified atom stereocenters. The SMILES string of the molecule is C[Si](C)(C)OC[C@H]1O[C@@H](n2cc(-c3cn(Cc4ccccc4)nn3)c(NC(=O)OCc3ccc([N+](=O)[O-])cc3)nc2=O)C(F)(F)C1OS. The van der Waals surface area contributed by atoms with Crippen molar-refractivity contribution in [2.24, 2.45) is 0 Å². The maximum absolute atomic E-state index is 15.7. The summed E-state index contributed by atoms with van der Waals surface area (Å²) < 4.78 is 55.0. The average Bonchev–Trinajstić information content (AvgIpc) is 3.60. The van der Waals surface area contributed by atoms with Crippen LogP contribution >= 0.6 is 12.9 Å². The molecule has 0 spiro atoms. The lowest BCUT2D eigenvalue weighted by atomic mass is 10.1. The molecule has 1 fully saturated rings. The number of hydrogen-bond donors (Lipinski definition) is 2. The maximum Gasteiger partial charge on any atom is 0.413 e. The van der Waals surface area contributed by atoms with Crippen molar-refractivity contribution in [3.63, 3.8) is 0 Å². The maximum atomic E-state index is 15.7. The molecular weight excluding hydrogens is 673 g/mol. The second kappa shape index (κ2) is 14.3. The van der Waals surface area contributed by atoms with Crippen molar-refractivity contribution < 1.29 is 36.6 Å². The molecule has 3 heterocycles. The van der Waals surface area contributed by atoms with Gasteiger partial charge in [0.05, 0.1) is 29.8 Å². The predicted octanol–water partition coefficient (Wildman–Crippen LogP) is 4.82. The highest BCUT2D eigenvalue weighted by Crippen LogP contribution is 2.45. The van der Waals surface area contributed by atoms with Gasteiger partial charge in [-0.1, -0.05) is 35.5 Å². The number of carbonyl (C=O) groups excluding carboxylic acids is 1. The number of halogens is 2. The monoisotopic (exact) mass is 703 g/mol. The number of nitrogens with zero attached hydrogens (tertiary/aromatic N) is 6. The number of aromatic nitrogens is 5. The van der Waals surface area contributed by atoms with E-state index in [2.05, 4.69) is 33.5 Å². The van der Waals surface area contributed by atoms with Gasteiger partial charge in [-0.3, -0.25) is 20.0 Å². The lowest BCUT2D eigenvalue weighted by Gasteiger charge is -2.24. The third-order valence-electron chi connectivity index (χ3n) is 7.09. The van der Waals surface area contributed by atoms with Gasteiger partial charge in [0.2, 0.25) is 6.23 Å². The first kappa shape index (κ1) is 34.8. The Morgan fingerprint density at radius 1 is 1.12 bits per heavy atom. The summed E-state index contributed by atoms with van der Waals surface area (Å²) in [6.07, 6.45) is -3.84. The molecule has 48 heavy (non-hydrogen) atoms. The molecule has 15 nitrogen and oxygen atoms in total. The van der Waals surface area contributed by atoms with E-state index in [4.69, 9.17) is 18.1 Å². The number of hydrogen-bond acceptors (Lipinski definition) is 12. The van der Waals surface area contributed by atoms with Crippen molar-refractivity contribution in [3.05, 3.63) is 98.7 Å². The van der Waals surface area contributed by atoms with Crippen LogP contribution < -0.4 is 11.0 Å². The van der Waals surface area contributed by atoms with Gasteiger partial charge < -0.3 is 18.1 Å². The number of anilines is 1. The molecule has 1 amide bonds. The van der Waals surface area contributed by atoms with Crippen molar-refractivity contribution in [2.45, 2.75) is 57.2 Å². The zero-order valence-corrected chi connectivity index (χ0v) is 27.8. The highest BCUT2D eigenvalue weighted by molar-refractivity contribution is 7.75. The number of benzene rings is 2. The molecule has 4 aromatic rings. The molecule has 254 valence electrons. The first-order valence-corrected chi connectivity index (χ1v) is 18.2. The van der Waals surface area contributed by atoms with Crippen LogP contribution in [0.3, 0.4) is 0 Å². The summed E-state index contributed by atoms with van der Waals surface area (Å²) in [6.45, 7) is 5.44. The van der Waals surface area contributed by atoms with Gasteiger partial charge in [0.25, 0.3) is 5.69 Å². The first-order valence-electron chi connectivity index (χ1n) is 14.5. The fourth-order valence-corrected chi connectivity index (χ4v) is 5.69. The molecule has 0 aliphatic carbocycles. The van der Waals surface area contributed by atoms with Crippen molar-refractivity contribution >= 4 is 38.8 Å². The van der Waals surface area contributed by atoms with E-state index in [1.807, 2.05) is 50.0 Å². The quantitative estimate of drug-likeness (QED) is 0.0681. The number of nitro groups is 1. The molecule has 2 aromatic carbocycles. The molecule has 1 saturated heterocycles. The zero-order chi connectivity index (χ0) is 34.6. The van der Waals surface area contributed by atoms with Crippen LogP contribution in [-0.4, -0.2) is 68.6 Å². The minimum atomic E-state index is -3.76. The smallest absolute Gasteiger partial charge is 0.413 e. The minimum Gasteiger partial charge on any atom is -0.444 e. The normalized spacial score (nSPS) is 18.8. The Morgan fingerprint density at radius 3 is 2.48 bits per heavy atom. The summed E-state index contributed by atoms with van der Waals surface area (Å²) >= 11 is 3.65. The third-order valence-corrected chi connectivity index (χ3v) is 8.35. The number of carbonyl (C=O) groups is 1. The summed E-state index contributed by atoms with van der Waals surface area (Å²) in [7, 11) is -2.15. The molecule has 0 bridgehead atoms. The molecule has 1 N–H and O–H groups in total. The molecule has 3 atom stereocenters. The molecule has 19 heteroatoms. The Hall–Kier alpha value is -4.56. The van der Waals surface area contributed by atoms with Gasteiger partial charge in [0.15, 0.2) is 20.2 Å². The standard InChI is InChI=1S/C29H31F2N7O8SSi/c1-48(2,3)44-17-23-24(46-47)29(30,31)26(45-23)37-14-21(22-15-36(35-34-22)13-18-7-5-4-6-8-18)25(32-27(37)39)33-28(40)43-16-19-9-11-20(12-10-19)38(41)42/h4-12,14-15,23-24,26,47H,13,16-17H2,1-3H3,(H,32,33,39,40)/t23-,24?,26-/m1/s1. The Labute approximate surface area is 278 Å². The van der Waals surface area contributed by atoms with Gasteiger partial charge in [0.1, 0.15) is 18.4 Å². The summed E-state index contributed by atoms with van der Waals surface area (Å²) in [4.78, 5) is 40.3. The lowest BCUT2D eigenvalue weighted by Crippen LogP contribution is -2.43. The van der Waals surface area contributed by atoms with Crippen LogP contribution in [0.1, 0.15) is 17.4 Å². The molecule has 2 aromatic heterocycles. The van der Waals surface area contributed by atoms with Gasteiger partial charge in [-0.2, -0.15) is 13.8 Å². The van der Waals surface area contributed by atoms with E-state index in [1.165, 1.54) is 35.1 Å². The summed E-state index contributed by atoms with van der Waals surface area (Å²) in [5.41, 5.74) is 0.0453. The Morgan fingerprint density at radius 2 is 1.83 bits per heavy atom. The Kier molecular flexibility index (Phi) is 10.3. The summed E-state index contributed by atoms with van der Waals surface area (Å²) in [5, 5.41) is 21.5. The van der Waals surface area contributed by atoms with E-state index < -0.39 is 49.4 Å². The van der Waals surface area contributed by atoms with E-state index in [0.717, 1.165) is 11.8 Å². The van der Waals surface area contributed by atoms with Gasteiger partial charge >= 0.3 is 17.7 Å². The minimum absolute atomic E-state index is 0.0502. The van der Waals surface area contributed by atoms with Crippen molar-refractivity contribution in [2.75, 3.05) is 11.9 Å². The number of thiol groups is 1. The van der Waals surface area contributed by atoms with Crippen LogP contribution in [0.25, 0.3) is 11.3 Å². The van der Waals surface area contributed by atoms with E-state index in [1.54, 1.807) is 0 Å². The van der Waals surface area contributed by atoms with Crippen LogP contribution in [0.2, 0.25) is 19.6 Å². The summed E-state index contributed by atoms with van der Waals surface area (Å²) in [6, 6.07) is 14.6. The highest BCUT2D eigenvalue weighted by Gasteiger charge is 2.61. The topological polar surface area (TPSA) is 175 Å². The molecule has 0 saturated carbocycles. The average molecular weight is 704 g/mol. The zero-order valence-electron chi connectivity index (χ0n) is 25.9. The fraction of sp³-hybridized carbons (Fsp3) is 0.345. The number of alkyl halides is 2. The van der Waals surface area contributed by atoms with E-state index >= 15 is 8.78 Å². The van der Waals surface area contributed by atoms with E-state index in [0.29, 0.717) is 16.7 Å². The Balaban J connectivity index is 1.46. The largest absolute Gasteiger partial charge is 0.444 e. The molecule has 0 radical (unpaired) electrons. The highest BCUT2D eigenvalue weighted by atomic mass is 32.1. The van der Waals surface area contributed by atoms with Crippen LogP contribution in [0.4, 0.5) is 25.1 Å². The lowest BCUT2D eigenvalue weighted by molar-refractivity contribution is -0.384. The van der Waals surface area contributed by atoms with Crippen molar-refractivity contribution in [3.8, 4) is 11.3 Å². The molecule has 5 rings (SSSR count). The van der Waals surface area contributed by atoms with Gasteiger partial charge in [-0.05, 0) is 55.8 Å². The first-order chi connectivity index (χ1) is 22.7. The van der Waals surface area contributed by atoms with Crippen molar-refractivity contribution in [1.29, 1.82) is 0 Å². The van der Waals surface area contributed by atoms with Crippen LogP contribution in [-0.2, 0) is 31.2 Å². The van der Waals surface area contributed by atoms with E-state index in [9.17, 15) is 19.7 Å². The van der Waals surface area contributed by atoms with Crippen LogP contribution in [0.15, 0.2) is 71.8 Å². The number of nitrogens with one attached hydrogen (secondary N) is 1. The molecule has 1 aliphatic rings. The summed E-state index contributed by atoms with van der Waals surface area (Å²) in [5.74, 6) is -4.11. The number of ether oxygens (including phenoxy) is 2. The van der Waals surface area contributed by atoms with Gasteiger partial charge in [-0.25, -0.2) is 14.3 Å². The second-order valence-electron chi connectivity index (χ2n) is 11.8. The van der Waals surface area contributed by atoms with Crippen molar-refractivity contribution in [1.82, 2.24) is 24.5 Å². The van der Waals surface area contributed by atoms with Crippen LogP contribution in [0.5, 0.6) is 0 Å². The van der Waals surface area contributed by atoms with Gasteiger partial charge in [0, 0.05) is 18.3 Å². The fourth-order valence-electron chi connectivity index (χ4n) is 4.75. The number of rotatable bonds is 12. The molecule has 1 aliphatic heterocycles. The number of nitro benzene ring substituents is 1. The van der Waals surface area contributed by atoms with Gasteiger partial charge in [-0.15, -0.1) is 5.10 Å².